The predicted octanol–water partition coefficient (Wildman–Crippen LogP) is 1.34. The second kappa shape index (κ2) is 5.73. The molecule has 0 aromatic heterocycles. The van der Waals surface area contributed by atoms with Crippen molar-refractivity contribution in [1.29, 1.82) is 0 Å². The Balaban J connectivity index is 2.09. The third-order valence-electron chi connectivity index (χ3n) is 3.21. The number of aryl methyl sites for hydroxylation is 1. The van der Waals surface area contributed by atoms with E-state index in [1.807, 2.05) is 12.1 Å². The van der Waals surface area contributed by atoms with Crippen molar-refractivity contribution in [3.05, 3.63) is 29.3 Å². The standard InChI is InChI=1S/C14H18N2O3/c1-9(14(18)19-2)16-13(17)11-5-6-12-10(8-11)4-3-7-15-12/h5-6,8-9,15H,3-4,7H2,1-2H3,(H,16,17). The average Bonchev–Trinajstić information content (AvgIpc) is 2.45. The number of ether oxygens (including phenoxy) is 1. The quantitative estimate of drug-likeness (QED) is 0.807. The Labute approximate surface area is 112 Å². The molecule has 5 heteroatoms. The van der Waals surface area contributed by atoms with Crippen LogP contribution in [-0.2, 0) is 16.0 Å². The summed E-state index contributed by atoms with van der Waals surface area (Å²) in [6.45, 7) is 2.57. The van der Waals surface area contributed by atoms with E-state index in [4.69, 9.17) is 0 Å². The van der Waals surface area contributed by atoms with E-state index in [1.165, 1.54) is 7.11 Å². The molecule has 1 unspecified atom stereocenters. The van der Waals surface area contributed by atoms with Gasteiger partial charge in [-0.05, 0) is 43.5 Å². The minimum Gasteiger partial charge on any atom is -0.467 e. The van der Waals surface area contributed by atoms with Gasteiger partial charge in [0.05, 0.1) is 7.11 Å². The number of esters is 1. The summed E-state index contributed by atoms with van der Waals surface area (Å²) in [5.41, 5.74) is 2.80. The lowest BCUT2D eigenvalue weighted by Crippen LogP contribution is -2.39. The van der Waals surface area contributed by atoms with Gasteiger partial charge >= 0.3 is 5.97 Å². The van der Waals surface area contributed by atoms with Crippen molar-refractivity contribution in [3.63, 3.8) is 0 Å². The lowest BCUT2D eigenvalue weighted by atomic mass is 10.0. The number of hydrogen-bond acceptors (Lipinski definition) is 4. The molecule has 1 amide bonds. The van der Waals surface area contributed by atoms with Crippen LogP contribution >= 0.6 is 0 Å². The van der Waals surface area contributed by atoms with Crippen molar-refractivity contribution in [3.8, 4) is 0 Å². The first-order chi connectivity index (χ1) is 9.11. The van der Waals surface area contributed by atoms with Gasteiger partial charge in [-0.2, -0.15) is 0 Å². The molecule has 1 atom stereocenters. The summed E-state index contributed by atoms with van der Waals surface area (Å²) >= 11 is 0. The monoisotopic (exact) mass is 262 g/mol. The maximum absolute atomic E-state index is 12.0. The fraction of sp³-hybridized carbons (Fsp3) is 0.429. The number of hydrogen-bond donors (Lipinski definition) is 2. The van der Waals surface area contributed by atoms with Crippen molar-refractivity contribution in [2.75, 3.05) is 19.0 Å². The highest BCUT2D eigenvalue weighted by Crippen LogP contribution is 2.22. The molecule has 1 aliphatic rings. The highest BCUT2D eigenvalue weighted by molar-refractivity contribution is 5.97. The summed E-state index contributed by atoms with van der Waals surface area (Å²) in [6.07, 6.45) is 2.03. The SMILES string of the molecule is COC(=O)C(C)NC(=O)c1ccc2c(c1)CCCN2. The minimum absolute atomic E-state index is 0.258. The van der Waals surface area contributed by atoms with Crippen molar-refractivity contribution >= 4 is 17.6 Å². The lowest BCUT2D eigenvalue weighted by molar-refractivity contribution is -0.142. The molecule has 1 aromatic carbocycles. The zero-order valence-electron chi connectivity index (χ0n) is 11.2. The number of carbonyl (C=O) groups is 2. The number of rotatable bonds is 3. The van der Waals surface area contributed by atoms with E-state index in [0.717, 1.165) is 30.6 Å². The lowest BCUT2D eigenvalue weighted by Gasteiger charge is -2.19. The Hall–Kier alpha value is -2.04. The van der Waals surface area contributed by atoms with Crippen LogP contribution in [0.2, 0.25) is 0 Å². The summed E-state index contributed by atoms with van der Waals surface area (Å²) in [4.78, 5) is 23.3. The smallest absolute Gasteiger partial charge is 0.328 e. The molecule has 0 spiro atoms. The van der Waals surface area contributed by atoms with Gasteiger partial charge in [0.1, 0.15) is 6.04 Å². The summed E-state index contributed by atoms with van der Waals surface area (Å²) in [5.74, 6) is -0.709. The maximum atomic E-state index is 12.0. The van der Waals surface area contributed by atoms with Crippen LogP contribution in [0.3, 0.4) is 0 Å². The van der Waals surface area contributed by atoms with Crippen LogP contribution in [0.1, 0.15) is 29.3 Å². The van der Waals surface area contributed by atoms with Gasteiger partial charge in [-0.15, -0.1) is 0 Å². The maximum Gasteiger partial charge on any atom is 0.328 e. The Bertz CT molecular complexity index is 499. The summed E-state index contributed by atoms with van der Waals surface area (Å²) in [5, 5.41) is 5.91. The number of fused-ring (bicyclic) bond motifs is 1. The third kappa shape index (κ3) is 3.05. The first-order valence-electron chi connectivity index (χ1n) is 6.37. The predicted molar refractivity (Wildman–Crippen MR) is 72.2 cm³/mol. The molecule has 0 aliphatic carbocycles. The zero-order valence-corrected chi connectivity index (χ0v) is 11.2. The molecule has 0 saturated carbocycles. The number of nitrogens with one attached hydrogen (secondary N) is 2. The van der Waals surface area contributed by atoms with Crippen LogP contribution in [-0.4, -0.2) is 31.6 Å². The highest BCUT2D eigenvalue weighted by Gasteiger charge is 2.18. The average molecular weight is 262 g/mol. The fourth-order valence-corrected chi connectivity index (χ4v) is 2.13. The van der Waals surface area contributed by atoms with E-state index in [-0.39, 0.29) is 5.91 Å². The number of methoxy groups -OCH3 is 1. The second-order valence-electron chi connectivity index (χ2n) is 4.62. The second-order valence-corrected chi connectivity index (χ2v) is 4.62. The molecule has 1 heterocycles. The van der Waals surface area contributed by atoms with E-state index >= 15 is 0 Å². The van der Waals surface area contributed by atoms with Crippen molar-refractivity contribution in [2.24, 2.45) is 0 Å². The van der Waals surface area contributed by atoms with Crippen LogP contribution in [0.4, 0.5) is 5.69 Å². The Morgan fingerprint density at radius 1 is 1.42 bits per heavy atom. The molecule has 102 valence electrons. The van der Waals surface area contributed by atoms with E-state index in [1.54, 1.807) is 13.0 Å². The van der Waals surface area contributed by atoms with Crippen LogP contribution < -0.4 is 10.6 Å². The van der Waals surface area contributed by atoms with Gasteiger partial charge < -0.3 is 15.4 Å². The molecule has 2 rings (SSSR count). The van der Waals surface area contributed by atoms with Crippen LogP contribution in [0.5, 0.6) is 0 Å². The fourth-order valence-electron chi connectivity index (χ4n) is 2.13. The van der Waals surface area contributed by atoms with Gasteiger partial charge in [-0.25, -0.2) is 4.79 Å². The summed E-state index contributed by atoms with van der Waals surface area (Å²) < 4.78 is 4.58. The number of amides is 1. The molecular formula is C14H18N2O3. The van der Waals surface area contributed by atoms with Gasteiger partial charge in [0, 0.05) is 17.8 Å². The molecular weight excluding hydrogens is 244 g/mol. The topological polar surface area (TPSA) is 67.4 Å². The Morgan fingerprint density at radius 2 is 2.21 bits per heavy atom. The van der Waals surface area contributed by atoms with Crippen LogP contribution in [0.25, 0.3) is 0 Å². The normalized spacial score (nSPS) is 14.8. The van der Waals surface area contributed by atoms with E-state index in [0.29, 0.717) is 5.56 Å². The number of anilines is 1. The van der Waals surface area contributed by atoms with Gasteiger partial charge in [0.2, 0.25) is 0 Å². The summed E-state index contributed by atoms with van der Waals surface area (Å²) in [7, 11) is 1.30. The zero-order chi connectivity index (χ0) is 13.8. The van der Waals surface area contributed by atoms with Crippen molar-refractivity contribution < 1.29 is 14.3 Å². The minimum atomic E-state index is -0.647. The van der Waals surface area contributed by atoms with E-state index < -0.39 is 12.0 Å². The Morgan fingerprint density at radius 3 is 2.95 bits per heavy atom. The van der Waals surface area contributed by atoms with Crippen molar-refractivity contribution in [1.82, 2.24) is 5.32 Å². The van der Waals surface area contributed by atoms with E-state index in [2.05, 4.69) is 15.4 Å². The molecule has 0 bridgehead atoms. The molecule has 0 saturated heterocycles. The molecule has 0 fully saturated rings. The largest absolute Gasteiger partial charge is 0.467 e. The number of benzene rings is 1. The van der Waals surface area contributed by atoms with Crippen LogP contribution in [0, 0.1) is 0 Å². The van der Waals surface area contributed by atoms with Gasteiger partial charge in [0.15, 0.2) is 0 Å². The molecule has 0 radical (unpaired) electrons. The third-order valence-corrected chi connectivity index (χ3v) is 3.21. The van der Waals surface area contributed by atoms with Crippen molar-refractivity contribution in [2.45, 2.75) is 25.8 Å². The van der Waals surface area contributed by atoms with Crippen LogP contribution in [0.15, 0.2) is 18.2 Å². The molecule has 1 aliphatic heterocycles. The highest BCUT2D eigenvalue weighted by atomic mass is 16.5. The summed E-state index contributed by atoms with van der Waals surface area (Å²) in [6, 6.07) is 4.90. The van der Waals surface area contributed by atoms with Gasteiger partial charge in [0.25, 0.3) is 5.91 Å². The molecule has 19 heavy (non-hydrogen) atoms. The first kappa shape index (κ1) is 13.4. The van der Waals surface area contributed by atoms with Gasteiger partial charge in [-0.3, -0.25) is 4.79 Å². The molecule has 1 aromatic rings. The molecule has 2 N–H and O–H groups in total. The Kier molecular flexibility index (Phi) is 4.04. The van der Waals surface area contributed by atoms with E-state index in [9.17, 15) is 9.59 Å². The van der Waals surface area contributed by atoms with Gasteiger partial charge in [-0.1, -0.05) is 0 Å². The first-order valence-corrected chi connectivity index (χ1v) is 6.37. The number of carbonyl (C=O) groups excluding carboxylic acids is 2. The molecule has 5 nitrogen and oxygen atoms in total.